The number of methoxy groups -OCH3 is 1. The number of anilines is 1. The van der Waals surface area contributed by atoms with Crippen LogP contribution in [-0.2, 0) is 4.74 Å². The first-order valence-corrected chi connectivity index (χ1v) is 5.51. The lowest BCUT2D eigenvalue weighted by molar-refractivity contribution is 0.0695. The summed E-state index contributed by atoms with van der Waals surface area (Å²) in [4.78, 5) is 33.2. The monoisotopic (exact) mass is 277 g/mol. The molecular weight excluding hydrogens is 266 g/mol. The molecule has 0 saturated carbocycles. The van der Waals surface area contributed by atoms with Crippen molar-refractivity contribution < 1.29 is 19.4 Å². The van der Waals surface area contributed by atoms with Crippen LogP contribution in [-0.4, -0.2) is 34.1 Å². The highest BCUT2D eigenvalue weighted by molar-refractivity contribution is 5.87. The van der Waals surface area contributed by atoms with Gasteiger partial charge in [-0.05, 0) is 24.3 Å². The first-order valence-electron chi connectivity index (χ1n) is 5.51. The molecule has 0 bridgehead atoms. The van der Waals surface area contributed by atoms with Crippen molar-refractivity contribution >= 4 is 17.7 Å². The summed E-state index contributed by atoms with van der Waals surface area (Å²) >= 11 is 0. The number of rotatable bonds is 3. The fraction of sp³-hybridized carbons (Fsp3) is 0.0833. The zero-order valence-corrected chi connectivity index (χ0v) is 10.4. The number of carboxylic acid groups (broad SMARTS) is 1. The summed E-state index contributed by atoms with van der Waals surface area (Å²) in [5, 5.41) is 13.7. The molecule has 0 aliphatic carbocycles. The summed E-state index contributed by atoms with van der Waals surface area (Å²) in [6.45, 7) is 0. The Balaban J connectivity index is 2.26. The molecule has 0 saturated heterocycles. The Morgan fingerprint density at radius 2 is 1.95 bits per heavy atom. The summed E-state index contributed by atoms with van der Waals surface area (Å²) in [6.07, 6.45) is 0.591. The van der Waals surface area contributed by atoms with E-state index in [1.54, 1.807) is 24.3 Å². The maximum absolute atomic E-state index is 11.4. The Labute approximate surface area is 112 Å². The number of aromatic carboxylic acids is 1. The number of carbonyl (C=O) groups is 2. The molecule has 104 valence electrons. The van der Waals surface area contributed by atoms with Crippen molar-refractivity contribution in [3.63, 3.8) is 0 Å². The maximum atomic E-state index is 11.4. The summed E-state index contributed by atoms with van der Waals surface area (Å²) in [6, 6.07) is 6.38. The van der Waals surface area contributed by atoms with Crippen molar-refractivity contribution in [2.75, 3.05) is 12.4 Å². The molecule has 1 aromatic carbocycles. The van der Waals surface area contributed by atoms with Crippen LogP contribution in [0.1, 0.15) is 10.4 Å². The van der Waals surface area contributed by atoms with Gasteiger partial charge in [0.2, 0.25) is 0 Å². The lowest BCUT2D eigenvalue weighted by atomic mass is 10.3. The number of nitrogens with one attached hydrogen (secondary N) is 2. The Morgan fingerprint density at radius 1 is 1.30 bits per heavy atom. The summed E-state index contributed by atoms with van der Waals surface area (Å²) in [7, 11) is 1.25. The number of amides is 1. The molecule has 1 aromatic heterocycles. The molecule has 0 fully saturated rings. The minimum atomic E-state index is -1.30. The van der Waals surface area contributed by atoms with Gasteiger partial charge in [-0.25, -0.2) is 9.59 Å². The van der Waals surface area contributed by atoms with Gasteiger partial charge in [0.05, 0.1) is 12.8 Å². The fourth-order valence-electron chi connectivity index (χ4n) is 1.56. The zero-order chi connectivity index (χ0) is 14.7. The normalized spacial score (nSPS) is 10.1. The van der Waals surface area contributed by atoms with E-state index in [-0.39, 0.29) is 5.56 Å². The van der Waals surface area contributed by atoms with Crippen LogP contribution >= 0.6 is 0 Å². The van der Waals surface area contributed by atoms with Gasteiger partial charge in [0, 0.05) is 11.9 Å². The Bertz CT molecular complexity index is 699. The predicted octanol–water partition coefficient (Wildman–Crippen LogP) is 1.04. The molecule has 3 N–H and O–H groups in total. The molecule has 8 nitrogen and oxygen atoms in total. The van der Waals surface area contributed by atoms with Gasteiger partial charge in [-0.1, -0.05) is 0 Å². The van der Waals surface area contributed by atoms with Crippen LogP contribution in [0.4, 0.5) is 10.5 Å². The molecule has 8 heteroatoms. The highest BCUT2D eigenvalue weighted by Gasteiger charge is 2.12. The van der Waals surface area contributed by atoms with Crippen molar-refractivity contribution in [1.29, 1.82) is 0 Å². The molecule has 2 aromatic rings. The van der Waals surface area contributed by atoms with Crippen molar-refractivity contribution in [1.82, 2.24) is 9.78 Å². The standard InChI is InChI=1S/C12H11N3O5/c1-20-12(19)13-7-2-4-8(5-3-7)15-6-9(11(17)18)10(16)14-15/h2-6H,1H3,(H,13,19)(H,14,16)(H,17,18). The number of carbonyl (C=O) groups excluding carboxylic acids is 1. The molecule has 0 aliphatic rings. The maximum Gasteiger partial charge on any atom is 0.411 e. The second kappa shape index (κ2) is 5.31. The quantitative estimate of drug-likeness (QED) is 0.775. The average molecular weight is 277 g/mol. The van der Waals surface area contributed by atoms with E-state index in [0.717, 1.165) is 0 Å². The van der Waals surface area contributed by atoms with Gasteiger partial charge >= 0.3 is 12.1 Å². The third kappa shape index (κ3) is 2.69. The summed E-state index contributed by atoms with van der Waals surface area (Å²) < 4.78 is 5.73. The lowest BCUT2D eigenvalue weighted by Crippen LogP contribution is -2.12. The molecule has 0 spiro atoms. The number of carboxylic acids is 1. The van der Waals surface area contributed by atoms with E-state index >= 15 is 0 Å². The van der Waals surface area contributed by atoms with Crippen LogP contribution in [0.3, 0.4) is 0 Å². The average Bonchev–Trinajstić information content (AvgIpc) is 2.81. The molecule has 0 aliphatic heterocycles. The van der Waals surface area contributed by atoms with Gasteiger partial charge in [0.25, 0.3) is 5.56 Å². The largest absolute Gasteiger partial charge is 0.477 e. The first-order chi connectivity index (χ1) is 9.51. The summed E-state index contributed by atoms with van der Waals surface area (Å²) in [5.41, 5.74) is 0.0228. The number of aromatic nitrogens is 2. The number of benzene rings is 1. The van der Waals surface area contributed by atoms with Gasteiger partial charge in [-0.15, -0.1) is 0 Å². The molecule has 0 radical (unpaired) electrons. The minimum absolute atomic E-state index is 0.346. The van der Waals surface area contributed by atoms with Crippen LogP contribution in [0.15, 0.2) is 35.3 Å². The Morgan fingerprint density at radius 3 is 2.45 bits per heavy atom. The number of ether oxygens (including phenoxy) is 1. The molecular formula is C12H11N3O5. The SMILES string of the molecule is COC(=O)Nc1ccc(-n2cc(C(=O)O)c(=O)[nH]2)cc1. The molecule has 0 atom stereocenters. The van der Waals surface area contributed by atoms with Crippen LogP contribution in [0.25, 0.3) is 5.69 Å². The van der Waals surface area contributed by atoms with E-state index in [0.29, 0.717) is 11.4 Å². The summed E-state index contributed by atoms with van der Waals surface area (Å²) in [5.74, 6) is -1.30. The minimum Gasteiger partial charge on any atom is -0.477 e. The van der Waals surface area contributed by atoms with Gasteiger partial charge < -0.3 is 9.84 Å². The highest BCUT2D eigenvalue weighted by Crippen LogP contribution is 2.12. The molecule has 2 rings (SSSR count). The lowest BCUT2D eigenvalue weighted by Gasteiger charge is -2.05. The fourth-order valence-corrected chi connectivity index (χ4v) is 1.56. The van der Waals surface area contributed by atoms with Crippen molar-refractivity contribution in [2.45, 2.75) is 0 Å². The van der Waals surface area contributed by atoms with Crippen molar-refractivity contribution in [2.24, 2.45) is 0 Å². The van der Waals surface area contributed by atoms with Crippen molar-refractivity contribution in [3.05, 3.63) is 46.4 Å². The molecule has 1 heterocycles. The third-order valence-electron chi connectivity index (χ3n) is 2.53. The van der Waals surface area contributed by atoms with E-state index in [4.69, 9.17) is 5.11 Å². The molecule has 0 unspecified atom stereocenters. The van der Waals surface area contributed by atoms with Gasteiger partial charge in [0.15, 0.2) is 0 Å². The Hall–Kier alpha value is -3.03. The smallest absolute Gasteiger partial charge is 0.411 e. The first kappa shape index (κ1) is 13.4. The van der Waals surface area contributed by atoms with Gasteiger partial charge in [-0.3, -0.25) is 19.9 Å². The van der Waals surface area contributed by atoms with Crippen LogP contribution < -0.4 is 10.9 Å². The second-order valence-corrected chi connectivity index (χ2v) is 3.82. The van der Waals surface area contributed by atoms with Crippen LogP contribution in [0.2, 0.25) is 0 Å². The number of H-pyrrole nitrogens is 1. The number of hydrogen-bond acceptors (Lipinski definition) is 4. The van der Waals surface area contributed by atoms with E-state index in [1.165, 1.54) is 18.0 Å². The highest BCUT2D eigenvalue weighted by atomic mass is 16.5. The van der Waals surface area contributed by atoms with Gasteiger partial charge in [0.1, 0.15) is 5.56 Å². The predicted molar refractivity (Wildman–Crippen MR) is 69.4 cm³/mol. The molecule has 1 amide bonds. The van der Waals surface area contributed by atoms with Gasteiger partial charge in [-0.2, -0.15) is 0 Å². The van der Waals surface area contributed by atoms with E-state index < -0.39 is 17.6 Å². The topological polar surface area (TPSA) is 113 Å². The van der Waals surface area contributed by atoms with Crippen molar-refractivity contribution in [3.8, 4) is 5.69 Å². The van der Waals surface area contributed by atoms with Crippen LogP contribution in [0, 0.1) is 0 Å². The number of nitrogens with zero attached hydrogens (tertiary/aromatic N) is 1. The Kier molecular flexibility index (Phi) is 3.56. The van der Waals surface area contributed by atoms with Crippen LogP contribution in [0.5, 0.6) is 0 Å². The zero-order valence-electron chi connectivity index (χ0n) is 10.4. The van der Waals surface area contributed by atoms with E-state index in [9.17, 15) is 14.4 Å². The molecule has 20 heavy (non-hydrogen) atoms. The third-order valence-corrected chi connectivity index (χ3v) is 2.53. The number of aromatic amines is 1. The second-order valence-electron chi connectivity index (χ2n) is 3.82. The van der Waals surface area contributed by atoms with E-state index in [1.807, 2.05) is 0 Å². The van der Waals surface area contributed by atoms with E-state index in [2.05, 4.69) is 15.2 Å². The number of hydrogen-bond donors (Lipinski definition) is 3.